The molecule has 0 fully saturated rings. The molecule has 0 aliphatic heterocycles. The molecule has 0 radical (unpaired) electrons. The summed E-state index contributed by atoms with van der Waals surface area (Å²) < 4.78 is 6.75. The fraction of sp³-hybridized carbons (Fsp3) is 0.231. The molecule has 0 spiro atoms. The Labute approximate surface area is 104 Å². The maximum absolute atomic E-state index is 11.3. The van der Waals surface area contributed by atoms with Crippen molar-refractivity contribution in [2.24, 2.45) is 0 Å². The van der Waals surface area contributed by atoms with Gasteiger partial charge in [-0.2, -0.15) is 0 Å². The first-order valence-corrected chi connectivity index (χ1v) is 6.07. The Kier molecular flexibility index (Phi) is 3.24. The summed E-state index contributed by atoms with van der Waals surface area (Å²) in [5.41, 5.74) is 2.90. The van der Waals surface area contributed by atoms with Crippen molar-refractivity contribution >= 4 is 17.5 Å². The van der Waals surface area contributed by atoms with E-state index >= 15 is 0 Å². The second kappa shape index (κ2) is 4.67. The molecule has 0 atom stereocenters. The first-order chi connectivity index (χ1) is 8.11. The number of benzene rings is 1. The Hall–Kier alpha value is -1.68. The Morgan fingerprint density at radius 2 is 1.88 bits per heavy atom. The molecule has 0 saturated carbocycles. The van der Waals surface area contributed by atoms with E-state index in [-0.39, 0.29) is 5.97 Å². The fourth-order valence-corrected chi connectivity index (χ4v) is 2.43. The van der Waals surface area contributed by atoms with Crippen molar-refractivity contribution in [3.8, 4) is 5.69 Å². The maximum atomic E-state index is 11.3. The van der Waals surface area contributed by atoms with Crippen molar-refractivity contribution in [1.29, 1.82) is 0 Å². The largest absolute Gasteiger partial charge is 0.465 e. The van der Waals surface area contributed by atoms with Crippen LogP contribution >= 0.6 is 11.5 Å². The summed E-state index contributed by atoms with van der Waals surface area (Å²) in [6, 6.07) is 7.39. The van der Waals surface area contributed by atoms with Gasteiger partial charge in [0, 0.05) is 17.7 Å². The zero-order valence-corrected chi connectivity index (χ0v) is 10.9. The summed E-state index contributed by atoms with van der Waals surface area (Å²) in [6.45, 7) is 4.18. The Morgan fingerprint density at radius 1 is 1.24 bits per heavy atom. The van der Waals surface area contributed by atoms with Gasteiger partial charge in [0.1, 0.15) is 11.5 Å². The highest BCUT2D eigenvalue weighted by Gasteiger charge is 2.13. The predicted molar refractivity (Wildman–Crippen MR) is 66.7 cm³/mol. The summed E-state index contributed by atoms with van der Waals surface area (Å²) in [5.74, 6) is -0.305. The van der Waals surface area contributed by atoms with Crippen LogP contribution in [0.2, 0.25) is 0 Å². The van der Waals surface area contributed by atoms with Crippen LogP contribution in [0, 0.1) is 13.8 Å². The first kappa shape index (κ1) is 11.8. The number of methoxy groups -OCH3 is 1. The second-order valence-electron chi connectivity index (χ2n) is 3.82. The van der Waals surface area contributed by atoms with Crippen LogP contribution in [0.1, 0.15) is 20.8 Å². The molecule has 4 heteroatoms. The molecular formula is C13H14NO2S+. The van der Waals surface area contributed by atoms with Crippen LogP contribution in [-0.4, -0.2) is 13.1 Å². The summed E-state index contributed by atoms with van der Waals surface area (Å²) in [4.78, 5) is 12.6. The predicted octanol–water partition coefficient (Wildman–Crippen LogP) is 2.43. The van der Waals surface area contributed by atoms with E-state index in [2.05, 4.69) is 28.7 Å². The Morgan fingerprint density at radius 3 is 2.35 bits per heavy atom. The van der Waals surface area contributed by atoms with Crippen LogP contribution in [0.4, 0.5) is 0 Å². The van der Waals surface area contributed by atoms with E-state index in [0.29, 0.717) is 5.56 Å². The molecule has 0 aliphatic carbocycles. The minimum atomic E-state index is -0.305. The van der Waals surface area contributed by atoms with Gasteiger partial charge >= 0.3 is 5.97 Å². The number of hydrogen-bond acceptors (Lipinski definition) is 3. The normalized spacial score (nSPS) is 10.3. The van der Waals surface area contributed by atoms with E-state index in [9.17, 15) is 4.79 Å². The molecule has 0 unspecified atom stereocenters. The average molecular weight is 248 g/mol. The van der Waals surface area contributed by atoms with Gasteiger partial charge in [-0.15, -0.1) is 3.96 Å². The minimum absolute atomic E-state index is 0.305. The number of nitrogens with zero attached hydrogens (tertiary/aromatic N) is 1. The Bertz CT molecular complexity index is 524. The maximum Gasteiger partial charge on any atom is 0.337 e. The first-order valence-electron chi connectivity index (χ1n) is 5.30. The topological polar surface area (TPSA) is 30.2 Å². The smallest absolute Gasteiger partial charge is 0.337 e. The monoisotopic (exact) mass is 248 g/mol. The average Bonchev–Trinajstić information content (AvgIpc) is 2.69. The second-order valence-corrected chi connectivity index (χ2v) is 5.01. The lowest BCUT2D eigenvalue weighted by Crippen LogP contribution is -2.23. The molecule has 88 valence electrons. The van der Waals surface area contributed by atoms with Crippen LogP contribution in [0.5, 0.6) is 0 Å². The van der Waals surface area contributed by atoms with Crippen molar-refractivity contribution in [1.82, 2.24) is 0 Å². The van der Waals surface area contributed by atoms with Crippen molar-refractivity contribution in [2.75, 3.05) is 7.11 Å². The lowest BCUT2D eigenvalue weighted by molar-refractivity contribution is -0.520. The van der Waals surface area contributed by atoms with Crippen molar-refractivity contribution in [3.63, 3.8) is 0 Å². The van der Waals surface area contributed by atoms with Gasteiger partial charge in [-0.05, 0) is 26.0 Å². The highest BCUT2D eigenvalue weighted by molar-refractivity contribution is 7.02. The van der Waals surface area contributed by atoms with Gasteiger partial charge in [0.2, 0.25) is 5.69 Å². The highest BCUT2D eigenvalue weighted by atomic mass is 32.1. The van der Waals surface area contributed by atoms with Crippen molar-refractivity contribution in [3.05, 3.63) is 46.5 Å². The number of hydrogen-bond donors (Lipinski definition) is 0. The number of rotatable bonds is 2. The van der Waals surface area contributed by atoms with Crippen molar-refractivity contribution in [2.45, 2.75) is 13.8 Å². The molecule has 2 aromatic rings. The summed E-state index contributed by atoms with van der Waals surface area (Å²) in [7, 11) is 1.39. The van der Waals surface area contributed by atoms with Crippen LogP contribution in [0.3, 0.4) is 0 Å². The highest BCUT2D eigenvalue weighted by Crippen LogP contribution is 2.12. The lowest BCUT2D eigenvalue weighted by Gasteiger charge is -1.97. The number of carbonyl (C=O) groups excluding carboxylic acids is 1. The number of ether oxygens (including phenoxy) is 1. The molecule has 3 nitrogen and oxygen atoms in total. The van der Waals surface area contributed by atoms with Gasteiger partial charge in [-0.3, -0.25) is 0 Å². The van der Waals surface area contributed by atoms with Gasteiger partial charge in [0.05, 0.1) is 17.6 Å². The molecule has 1 aromatic carbocycles. The molecule has 0 N–H and O–H groups in total. The van der Waals surface area contributed by atoms with Gasteiger partial charge in [-0.25, -0.2) is 4.79 Å². The lowest BCUT2D eigenvalue weighted by atomic mass is 10.2. The molecule has 0 aliphatic rings. The molecule has 0 amide bonds. The number of aryl methyl sites for hydroxylation is 2. The van der Waals surface area contributed by atoms with Gasteiger partial charge in [0.15, 0.2) is 6.20 Å². The quantitative estimate of drug-likeness (QED) is 0.603. The van der Waals surface area contributed by atoms with E-state index in [0.717, 1.165) is 5.69 Å². The molecule has 0 saturated heterocycles. The van der Waals surface area contributed by atoms with Crippen LogP contribution < -0.4 is 3.96 Å². The zero-order chi connectivity index (χ0) is 12.4. The molecule has 2 rings (SSSR count). The SMILES string of the molecule is COC(=O)c1ccc(-[n+]2cc(C)c(C)s2)cc1. The van der Waals surface area contributed by atoms with Gasteiger partial charge in [0.25, 0.3) is 0 Å². The molecule has 1 aromatic heterocycles. The molecule has 17 heavy (non-hydrogen) atoms. The fourth-order valence-electron chi connectivity index (χ4n) is 1.50. The summed E-state index contributed by atoms with van der Waals surface area (Å²) >= 11 is 1.69. The van der Waals surface area contributed by atoms with Crippen molar-refractivity contribution < 1.29 is 13.5 Å². The zero-order valence-electron chi connectivity index (χ0n) is 10.1. The van der Waals surface area contributed by atoms with E-state index in [1.165, 1.54) is 17.6 Å². The third-order valence-electron chi connectivity index (χ3n) is 2.64. The van der Waals surface area contributed by atoms with Crippen LogP contribution in [-0.2, 0) is 4.74 Å². The number of esters is 1. The third-order valence-corrected chi connectivity index (χ3v) is 3.75. The third kappa shape index (κ3) is 2.36. The molecular weight excluding hydrogens is 234 g/mol. The van der Waals surface area contributed by atoms with E-state index in [1.54, 1.807) is 23.7 Å². The van der Waals surface area contributed by atoms with E-state index in [1.807, 2.05) is 12.1 Å². The summed E-state index contributed by atoms with van der Waals surface area (Å²) in [5, 5.41) is 0. The number of carbonyl (C=O) groups is 1. The van der Waals surface area contributed by atoms with E-state index in [4.69, 9.17) is 0 Å². The van der Waals surface area contributed by atoms with Crippen LogP contribution in [0.25, 0.3) is 5.69 Å². The number of aromatic nitrogens is 1. The van der Waals surface area contributed by atoms with Gasteiger partial charge < -0.3 is 4.74 Å². The minimum Gasteiger partial charge on any atom is -0.465 e. The van der Waals surface area contributed by atoms with Crippen LogP contribution in [0.15, 0.2) is 30.5 Å². The summed E-state index contributed by atoms with van der Waals surface area (Å²) in [6.07, 6.45) is 2.09. The van der Waals surface area contributed by atoms with E-state index < -0.39 is 0 Å². The Balaban J connectivity index is 2.32. The van der Waals surface area contributed by atoms with Gasteiger partial charge in [-0.1, -0.05) is 0 Å². The molecule has 0 bridgehead atoms. The molecule has 1 heterocycles. The standard InChI is InChI=1S/C13H14NO2S/c1-9-8-14(17-10(9)2)12-6-4-11(5-7-12)13(15)16-3/h4-8H,1-3H3/q+1.